The van der Waals surface area contributed by atoms with Crippen LogP contribution in [-0.2, 0) is 30.5 Å². The van der Waals surface area contributed by atoms with Crippen LogP contribution in [0.15, 0.2) is 54.6 Å². The number of methoxy groups -OCH3 is 1. The number of carbonyl (C=O) groups is 4. The molecule has 0 aliphatic heterocycles. The molecule has 0 aliphatic rings. The van der Waals surface area contributed by atoms with Gasteiger partial charge in [0.2, 0.25) is 5.91 Å². The van der Waals surface area contributed by atoms with Crippen LogP contribution in [0.4, 0.5) is 10.5 Å². The fourth-order valence-corrected chi connectivity index (χ4v) is 2.45. The Morgan fingerprint density at radius 3 is 2.27 bits per heavy atom. The SMILES string of the molecule is COC(=O)CC(NC(=O)OCc1ccccc1)C(=O)NCC(=O)Oc1ccc([N+](=O)[O-])cc1. The third kappa shape index (κ3) is 8.65. The lowest BCUT2D eigenvalue weighted by Gasteiger charge is -2.17. The quantitative estimate of drug-likeness (QED) is 0.232. The van der Waals surface area contributed by atoms with Crippen molar-refractivity contribution in [2.75, 3.05) is 13.7 Å². The number of esters is 2. The van der Waals surface area contributed by atoms with Crippen LogP contribution in [0.25, 0.3) is 0 Å². The highest BCUT2D eigenvalue weighted by Gasteiger charge is 2.25. The first-order valence-electron chi connectivity index (χ1n) is 9.55. The van der Waals surface area contributed by atoms with Gasteiger partial charge in [-0.2, -0.15) is 0 Å². The standard InChI is InChI=1S/C21H21N3O9/c1-31-18(25)11-17(23-21(28)32-13-14-5-3-2-4-6-14)20(27)22-12-19(26)33-16-9-7-15(8-10-16)24(29)30/h2-10,17H,11-13H2,1H3,(H,22,27)(H,23,28). The summed E-state index contributed by atoms with van der Waals surface area (Å²) in [4.78, 5) is 58.0. The lowest BCUT2D eigenvalue weighted by atomic mass is 10.2. The molecule has 0 bridgehead atoms. The Morgan fingerprint density at radius 1 is 1.00 bits per heavy atom. The first-order chi connectivity index (χ1) is 15.8. The van der Waals surface area contributed by atoms with Gasteiger partial charge in [0.25, 0.3) is 5.69 Å². The van der Waals surface area contributed by atoms with E-state index in [4.69, 9.17) is 9.47 Å². The van der Waals surface area contributed by atoms with Crippen molar-refractivity contribution in [3.8, 4) is 5.75 Å². The summed E-state index contributed by atoms with van der Waals surface area (Å²) < 4.78 is 14.5. The highest BCUT2D eigenvalue weighted by Crippen LogP contribution is 2.17. The Kier molecular flexibility index (Phi) is 9.31. The van der Waals surface area contributed by atoms with E-state index in [1.807, 2.05) is 0 Å². The molecule has 0 radical (unpaired) electrons. The van der Waals surface area contributed by atoms with E-state index in [0.29, 0.717) is 0 Å². The lowest BCUT2D eigenvalue weighted by Crippen LogP contribution is -2.49. The number of alkyl carbamates (subject to hydrolysis) is 1. The van der Waals surface area contributed by atoms with Crippen molar-refractivity contribution in [1.29, 1.82) is 0 Å². The normalized spacial score (nSPS) is 10.9. The van der Waals surface area contributed by atoms with Crippen molar-refractivity contribution in [3.63, 3.8) is 0 Å². The van der Waals surface area contributed by atoms with Gasteiger partial charge in [-0.3, -0.25) is 19.7 Å². The number of benzene rings is 2. The third-order valence-electron chi connectivity index (χ3n) is 4.11. The Bertz CT molecular complexity index is 994. The molecule has 2 rings (SSSR count). The van der Waals surface area contributed by atoms with Gasteiger partial charge in [-0.25, -0.2) is 9.59 Å². The maximum Gasteiger partial charge on any atom is 0.408 e. The molecule has 2 amide bonds. The molecule has 33 heavy (non-hydrogen) atoms. The van der Waals surface area contributed by atoms with Gasteiger partial charge in [0, 0.05) is 12.1 Å². The molecule has 0 saturated carbocycles. The Balaban J connectivity index is 1.88. The van der Waals surface area contributed by atoms with E-state index in [1.165, 1.54) is 12.1 Å². The molecule has 174 valence electrons. The first-order valence-corrected chi connectivity index (χ1v) is 9.55. The summed E-state index contributed by atoms with van der Waals surface area (Å²) >= 11 is 0. The molecule has 0 fully saturated rings. The molecule has 2 aromatic carbocycles. The van der Waals surface area contributed by atoms with E-state index in [2.05, 4.69) is 15.4 Å². The number of rotatable bonds is 10. The van der Waals surface area contributed by atoms with Gasteiger partial charge in [0.05, 0.1) is 18.5 Å². The summed E-state index contributed by atoms with van der Waals surface area (Å²) in [5.74, 6) is -2.46. The summed E-state index contributed by atoms with van der Waals surface area (Å²) in [6, 6.07) is 12.2. The van der Waals surface area contributed by atoms with E-state index in [-0.39, 0.29) is 18.0 Å². The van der Waals surface area contributed by atoms with Gasteiger partial charge in [-0.05, 0) is 17.7 Å². The molecule has 1 atom stereocenters. The third-order valence-corrected chi connectivity index (χ3v) is 4.11. The molecule has 0 aliphatic carbocycles. The van der Waals surface area contributed by atoms with Gasteiger partial charge in [-0.1, -0.05) is 30.3 Å². The zero-order valence-corrected chi connectivity index (χ0v) is 17.5. The van der Waals surface area contributed by atoms with Gasteiger partial charge in [0.1, 0.15) is 24.9 Å². The fourth-order valence-electron chi connectivity index (χ4n) is 2.45. The average molecular weight is 459 g/mol. The summed E-state index contributed by atoms with van der Waals surface area (Å²) in [5.41, 5.74) is 0.537. The molecule has 0 spiro atoms. The average Bonchev–Trinajstić information content (AvgIpc) is 2.81. The van der Waals surface area contributed by atoms with Gasteiger partial charge in [-0.15, -0.1) is 0 Å². The van der Waals surface area contributed by atoms with Crippen LogP contribution in [0.5, 0.6) is 5.75 Å². The monoisotopic (exact) mass is 459 g/mol. The summed E-state index contributed by atoms with van der Waals surface area (Å²) in [5, 5.41) is 15.1. The largest absolute Gasteiger partial charge is 0.469 e. The number of non-ortho nitro benzene ring substituents is 1. The Morgan fingerprint density at radius 2 is 1.67 bits per heavy atom. The minimum atomic E-state index is -1.37. The second-order valence-corrected chi connectivity index (χ2v) is 6.48. The van der Waals surface area contributed by atoms with E-state index in [1.54, 1.807) is 30.3 Å². The van der Waals surface area contributed by atoms with Crippen LogP contribution in [0.1, 0.15) is 12.0 Å². The van der Waals surface area contributed by atoms with Crippen LogP contribution in [0.3, 0.4) is 0 Å². The van der Waals surface area contributed by atoms with Gasteiger partial charge < -0.3 is 24.8 Å². The van der Waals surface area contributed by atoms with Crippen LogP contribution in [0.2, 0.25) is 0 Å². The number of ether oxygens (including phenoxy) is 3. The minimum Gasteiger partial charge on any atom is -0.469 e. The van der Waals surface area contributed by atoms with Gasteiger partial charge in [0.15, 0.2) is 0 Å². The molecule has 12 nitrogen and oxygen atoms in total. The van der Waals surface area contributed by atoms with Crippen molar-refractivity contribution in [3.05, 3.63) is 70.3 Å². The maximum atomic E-state index is 12.4. The molecular weight excluding hydrogens is 438 g/mol. The number of nitrogens with one attached hydrogen (secondary N) is 2. The fraction of sp³-hybridized carbons (Fsp3) is 0.238. The van der Waals surface area contributed by atoms with Crippen LogP contribution < -0.4 is 15.4 Å². The predicted octanol–water partition coefficient (Wildman–Crippen LogP) is 1.47. The van der Waals surface area contributed by atoms with E-state index in [9.17, 15) is 29.3 Å². The number of nitrogens with zero attached hydrogens (tertiary/aromatic N) is 1. The van der Waals surface area contributed by atoms with E-state index < -0.39 is 47.9 Å². The van der Waals surface area contributed by atoms with Gasteiger partial charge >= 0.3 is 18.0 Å². The van der Waals surface area contributed by atoms with Crippen molar-refractivity contribution < 1.29 is 38.3 Å². The number of nitro benzene ring substituents is 1. The van der Waals surface area contributed by atoms with E-state index >= 15 is 0 Å². The molecule has 2 N–H and O–H groups in total. The maximum absolute atomic E-state index is 12.4. The number of nitro groups is 1. The molecule has 0 saturated heterocycles. The highest BCUT2D eigenvalue weighted by atomic mass is 16.6. The lowest BCUT2D eigenvalue weighted by molar-refractivity contribution is -0.384. The van der Waals surface area contributed by atoms with Crippen LogP contribution >= 0.6 is 0 Å². The Labute approximate surface area is 188 Å². The topological polar surface area (TPSA) is 163 Å². The van der Waals surface area contributed by atoms with E-state index in [0.717, 1.165) is 24.8 Å². The van der Waals surface area contributed by atoms with Crippen molar-refractivity contribution in [2.45, 2.75) is 19.1 Å². The van der Waals surface area contributed by atoms with Crippen molar-refractivity contribution >= 4 is 29.6 Å². The molecule has 0 aromatic heterocycles. The minimum absolute atomic E-state index is 0.0357. The first kappa shape index (κ1) is 24.8. The summed E-state index contributed by atoms with van der Waals surface area (Å²) in [7, 11) is 1.12. The number of hydrogen-bond donors (Lipinski definition) is 2. The van der Waals surface area contributed by atoms with Crippen molar-refractivity contribution in [2.24, 2.45) is 0 Å². The number of amides is 2. The van der Waals surface area contributed by atoms with Crippen molar-refractivity contribution in [1.82, 2.24) is 10.6 Å². The number of carbonyl (C=O) groups excluding carboxylic acids is 4. The second kappa shape index (κ2) is 12.4. The second-order valence-electron chi connectivity index (χ2n) is 6.48. The molecule has 2 aromatic rings. The Hall–Kier alpha value is -4.48. The molecule has 1 unspecified atom stereocenters. The molecule has 0 heterocycles. The van der Waals surface area contributed by atoms with Crippen LogP contribution in [-0.4, -0.2) is 48.6 Å². The summed E-state index contributed by atoms with van der Waals surface area (Å²) in [6.45, 7) is -0.644. The smallest absolute Gasteiger partial charge is 0.408 e. The van der Waals surface area contributed by atoms with Crippen LogP contribution in [0, 0.1) is 10.1 Å². The zero-order chi connectivity index (χ0) is 24.2. The zero-order valence-electron chi connectivity index (χ0n) is 17.5. The molecule has 12 heteroatoms. The number of hydrogen-bond acceptors (Lipinski definition) is 9. The highest BCUT2D eigenvalue weighted by molar-refractivity contribution is 5.91. The molecular formula is C21H21N3O9. The summed E-state index contributed by atoms with van der Waals surface area (Å²) in [6.07, 6.45) is -1.45. The predicted molar refractivity (Wildman–Crippen MR) is 112 cm³/mol.